The van der Waals surface area contributed by atoms with Crippen LogP contribution in [-0.4, -0.2) is 53.6 Å². The van der Waals surface area contributed by atoms with E-state index in [9.17, 15) is 10.1 Å². The fourth-order valence-corrected chi connectivity index (χ4v) is 2.71. The number of nitrogens with one attached hydrogen (secondary N) is 1. The van der Waals surface area contributed by atoms with Crippen LogP contribution >= 0.6 is 0 Å². The van der Waals surface area contributed by atoms with Crippen molar-refractivity contribution in [2.24, 2.45) is 0 Å². The van der Waals surface area contributed by atoms with Gasteiger partial charge in [0.05, 0.1) is 17.1 Å². The molecule has 7 heteroatoms. The van der Waals surface area contributed by atoms with Gasteiger partial charge in [-0.25, -0.2) is 4.98 Å². The van der Waals surface area contributed by atoms with Gasteiger partial charge >= 0.3 is 0 Å². The van der Waals surface area contributed by atoms with Gasteiger partial charge in [-0.15, -0.1) is 0 Å². The van der Waals surface area contributed by atoms with Crippen LogP contribution in [0.3, 0.4) is 0 Å². The van der Waals surface area contributed by atoms with Crippen LogP contribution < -0.4 is 10.2 Å². The molecule has 1 fully saturated rings. The lowest BCUT2D eigenvalue weighted by atomic mass is 10.2. The van der Waals surface area contributed by atoms with E-state index in [0.717, 1.165) is 26.2 Å². The second-order valence-corrected chi connectivity index (χ2v) is 5.28. The lowest BCUT2D eigenvalue weighted by molar-refractivity contribution is -0.384. The Balaban J connectivity index is 2.24. The normalized spacial score (nSPS) is 19.6. The number of anilines is 2. The number of piperazine rings is 1. The van der Waals surface area contributed by atoms with Crippen molar-refractivity contribution in [2.75, 3.05) is 42.9 Å². The molecule has 0 saturated carbocycles. The minimum Gasteiger partial charge on any atom is -0.370 e. The molecule has 1 N–H and O–H groups in total. The SMILES string of the molecule is CCNc1cc([N+](=O)[O-])cc(N2CCN(CC)C(C)C2)n1. The van der Waals surface area contributed by atoms with Gasteiger partial charge in [-0.3, -0.25) is 15.0 Å². The Morgan fingerprint density at radius 2 is 2.19 bits per heavy atom. The molecule has 116 valence electrons. The van der Waals surface area contributed by atoms with Crippen LogP contribution in [0.2, 0.25) is 0 Å². The standard InChI is InChI=1S/C14H23N5O2/c1-4-15-13-8-12(19(20)21)9-14(16-13)18-7-6-17(5-2)11(3)10-18/h8-9,11H,4-7,10H2,1-3H3,(H,15,16). The highest BCUT2D eigenvalue weighted by atomic mass is 16.6. The summed E-state index contributed by atoms with van der Waals surface area (Å²) in [6, 6.07) is 3.47. The van der Waals surface area contributed by atoms with Gasteiger partial charge < -0.3 is 10.2 Å². The van der Waals surface area contributed by atoms with Crippen molar-refractivity contribution in [1.82, 2.24) is 9.88 Å². The highest BCUT2D eigenvalue weighted by molar-refractivity contribution is 5.56. The number of aromatic nitrogens is 1. The molecule has 1 unspecified atom stereocenters. The summed E-state index contributed by atoms with van der Waals surface area (Å²) in [5, 5.41) is 14.1. The number of pyridine rings is 1. The summed E-state index contributed by atoms with van der Waals surface area (Å²) in [5.74, 6) is 1.25. The number of nitrogens with zero attached hydrogens (tertiary/aromatic N) is 4. The van der Waals surface area contributed by atoms with E-state index < -0.39 is 0 Å². The molecule has 1 aliphatic rings. The average Bonchev–Trinajstić information content (AvgIpc) is 2.47. The van der Waals surface area contributed by atoms with E-state index >= 15 is 0 Å². The molecule has 2 heterocycles. The minimum atomic E-state index is -0.363. The van der Waals surface area contributed by atoms with Crippen LogP contribution in [0, 0.1) is 10.1 Å². The first-order valence-electron chi connectivity index (χ1n) is 7.44. The second kappa shape index (κ2) is 6.71. The zero-order valence-corrected chi connectivity index (χ0v) is 12.9. The molecule has 1 aromatic rings. The Morgan fingerprint density at radius 1 is 1.43 bits per heavy atom. The molecule has 1 aromatic heterocycles. The van der Waals surface area contributed by atoms with Gasteiger partial charge in [-0.2, -0.15) is 0 Å². The average molecular weight is 293 g/mol. The first-order chi connectivity index (χ1) is 10.0. The van der Waals surface area contributed by atoms with E-state index in [-0.39, 0.29) is 10.6 Å². The zero-order valence-electron chi connectivity index (χ0n) is 12.9. The molecule has 1 saturated heterocycles. The van der Waals surface area contributed by atoms with E-state index in [1.54, 1.807) is 6.07 Å². The number of rotatable bonds is 5. The van der Waals surface area contributed by atoms with Crippen molar-refractivity contribution in [3.63, 3.8) is 0 Å². The first-order valence-corrected chi connectivity index (χ1v) is 7.44. The van der Waals surface area contributed by atoms with E-state index in [2.05, 4.69) is 33.9 Å². The number of hydrogen-bond donors (Lipinski definition) is 1. The fraction of sp³-hybridized carbons (Fsp3) is 0.643. The minimum absolute atomic E-state index is 0.0847. The molecular formula is C14H23N5O2. The number of likely N-dealkylation sites (N-methyl/N-ethyl adjacent to an activating group) is 1. The molecule has 7 nitrogen and oxygen atoms in total. The largest absolute Gasteiger partial charge is 0.370 e. The summed E-state index contributed by atoms with van der Waals surface area (Å²) in [6.45, 7) is 10.6. The van der Waals surface area contributed by atoms with Crippen molar-refractivity contribution in [3.05, 3.63) is 22.2 Å². The Labute approximate surface area is 125 Å². The van der Waals surface area contributed by atoms with E-state index in [1.807, 2.05) is 6.92 Å². The third kappa shape index (κ3) is 3.60. The van der Waals surface area contributed by atoms with Gasteiger partial charge in [-0.05, 0) is 20.4 Å². The fourth-order valence-electron chi connectivity index (χ4n) is 2.71. The van der Waals surface area contributed by atoms with Gasteiger partial charge in [0.25, 0.3) is 5.69 Å². The summed E-state index contributed by atoms with van der Waals surface area (Å²) in [5.41, 5.74) is 0.0847. The van der Waals surface area contributed by atoms with Crippen LogP contribution in [0.25, 0.3) is 0 Å². The highest BCUT2D eigenvalue weighted by Crippen LogP contribution is 2.25. The van der Waals surface area contributed by atoms with Crippen molar-refractivity contribution < 1.29 is 4.92 Å². The molecule has 21 heavy (non-hydrogen) atoms. The summed E-state index contributed by atoms with van der Waals surface area (Å²) in [7, 11) is 0. The molecule has 0 radical (unpaired) electrons. The van der Waals surface area contributed by atoms with Crippen molar-refractivity contribution in [1.29, 1.82) is 0 Å². The Bertz CT molecular complexity index is 508. The maximum atomic E-state index is 11.1. The Kier molecular flexibility index (Phi) is 4.95. The van der Waals surface area contributed by atoms with Gasteiger partial charge in [0.15, 0.2) is 0 Å². The lowest BCUT2D eigenvalue weighted by Gasteiger charge is -2.39. The van der Waals surface area contributed by atoms with Gasteiger partial charge in [-0.1, -0.05) is 6.92 Å². The van der Waals surface area contributed by atoms with Crippen LogP contribution in [0.5, 0.6) is 0 Å². The quantitative estimate of drug-likeness (QED) is 0.660. The third-order valence-corrected chi connectivity index (χ3v) is 3.86. The molecule has 0 spiro atoms. The lowest BCUT2D eigenvalue weighted by Crippen LogP contribution is -2.52. The highest BCUT2D eigenvalue weighted by Gasteiger charge is 2.24. The van der Waals surface area contributed by atoms with Crippen LogP contribution in [0.4, 0.5) is 17.3 Å². The smallest absolute Gasteiger partial charge is 0.276 e. The van der Waals surface area contributed by atoms with Gasteiger partial charge in [0, 0.05) is 32.2 Å². The van der Waals surface area contributed by atoms with E-state index in [0.29, 0.717) is 24.2 Å². The van der Waals surface area contributed by atoms with Crippen molar-refractivity contribution in [3.8, 4) is 0 Å². The molecule has 1 atom stereocenters. The van der Waals surface area contributed by atoms with Gasteiger partial charge in [0.2, 0.25) is 0 Å². The van der Waals surface area contributed by atoms with Crippen LogP contribution in [0.15, 0.2) is 12.1 Å². The monoisotopic (exact) mass is 293 g/mol. The Hall–Kier alpha value is -1.89. The van der Waals surface area contributed by atoms with Crippen molar-refractivity contribution in [2.45, 2.75) is 26.8 Å². The molecule has 0 aliphatic carbocycles. The molecule has 0 amide bonds. The molecule has 1 aliphatic heterocycles. The molecule has 0 aromatic carbocycles. The summed E-state index contributed by atoms with van der Waals surface area (Å²) in [4.78, 5) is 19.8. The molecule has 0 bridgehead atoms. The maximum Gasteiger partial charge on any atom is 0.276 e. The summed E-state index contributed by atoms with van der Waals surface area (Å²) < 4.78 is 0. The van der Waals surface area contributed by atoms with E-state index in [4.69, 9.17) is 0 Å². The first kappa shape index (κ1) is 15.5. The summed E-state index contributed by atoms with van der Waals surface area (Å²) >= 11 is 0. The Morgan fingerprint density at radius 3 is 2.76 bits per heavy atom. The van der Waals surface area contributed by atoms with Crippen molar-refractivity contribution >= 4 is 17.3 Å². The number of hydrogen-bond acceptors (Lipinski definition) is 6. The predicted octanol–water partition coefficient (Wildman–Crippen LogP) is 1.95. The maximum absolute atomic E-state index is 11.1. The van der Waals surface area contributed by atoms with Gasteiger partial charge in [0.1, 0.15) is 11.6 Å². The number of nitro groups is 1. The topological polar surface area (TPSA) is 74.5 Å². The van der Waals surface area contributed by atoms with E-state index in [1.165, 1.54) is 6.07 Å². The van der Waals surface area contributed by atoms with Crippen LogP contribution in [-0.2, 0) is 0 Å². The summed E-state index contributed by atoms with van der Waals surface area (Å²) in [6.07, 6.45) is 0. The second-order valence-electron chi connectivity index (χ2n) is 5.28. The predicted molar refractivity (Wildman–Crippen MR) is 84.0 cm³/mol. The third-order valence-electron chi connectivity index (χ3n) is 3.86. The van der Waals surface area contributed by atoms with Crippen LogP contribution in [0.1, 0.15) is 20.8 Å². The molecular weight excluding hydrogens is 270 g/mol. The zero-order chi connectivity index (χ0) is 15.4. The molecule has 2 rings (SSSR count).